The maximum Gasteiger partial charge on any atom is 0.341 e. The third-order valence-electron chi connectivity index (χ3n) is 3.19. The first-order chi connectivity index (χ1) is 11.0. The Labute approximate surface area is 138 Å². The van der Waals surface area contributed by atoms with Crippen molar-refractivity contribution in [3.63, 3.8) is 0 Å². The second-order valence-electron chi connectivity index (χ2n) is 4.89. The largest absolute Gasteiger partial charge is 0.482 e. The first kappa shape index (κ1) is 17.0. The number of aryl methyl sites for hydroxylation is 1. The maximum atomic E-state index is 12.3. The van der Waals surface area contributed by atoms with Crippen molar-refractivity contribution >= 4 is 28.9 Å². The minimum Gasteiger partial charge on any atom is -0.482 e. The number of thiazole rings is 1. The minimum atomic E-state index is -1.03. The lowest BCUT2D eigenvalue weighted by molar-refractivity contribution is -0.139. The molecule has 0 aliphatic heterocycles. The van der Waals surface area contributed by atoms with Gasteiger partial charge in [-0.2, -0.15) is 0 Å². The summed E-state index contributed by atoms with van der Waals surface area (Å²) in [6.45, 7) is 1.64. The van der Waals surface area contributed by atoms with Gasteiger partial charge in [0, 0.05) is 18.1 Å². The van der Waals surface area contributed by atoms with Gasteiger partial charge in [0.25, 0.3) is 0 Å². The quantitative estimate of drug-likeness (QED) is 0.841. The van der Waals surface area contributed by atoms with Crippen LogP contribution in [0.25, 0.3) is 0 Å². The Hall–Kier alpha value is -2.41. The number of rotatable bonds is 7. The molecule has 0 atom stereocenters. The van der Waals surface area contributed by atoms with Crippen molar-refractivity contribution < 1.29 is 19.4 Å². The molecule has 0 spiro atoms. The summed E-state index contributed by atoms with van der Waals surface area (Å²) in [5.41, 5.74) is 1.49. The van der Waals surface area contributed by atoms with Gasteiger partial charge in [0.05, 0.1) is 17.1 Å². The van der Waals surface area contributed by atoms with Gasteiger partial charge in [-0.3, -0.25) is 4.79 Å². The van der Waals surface area contributed by atoms with Crippen LogP contribution >= 0.6 is 11.3 Å². The van der Waals surface area contributed by atoms with E-state index in [2.05, 4.69) is 4.98 Å². The fraction of sp³-hybridized carbons (Fsp3) is 0.312. The van der Waals surface area contributed by atoms with Gasteiger partial charge >= 0.3 is 5.97 Å². The number of nitrogens with zero attached hydrogens (tertiary/aromatic N) is 2. The third-order valence-corrected chi connectivity index (χ3v) is 4.24. The van der Waals surface area contributed by atoms with Crippen molar-refractivity contribution in [1.82, 2.24) is 4.98 Å². The van der Waals surface area contributed by atoms with Gasteiger partial charge in [0.2, 0.25) is 5.91 Å². The number of benzene rings is 1. The Kier molecular flexibility index (Phi) is 5.70. The minimum absolute atomic E-state index is 0.0582. The summed E-state index contributed by atoms with van der Waals surface area (Å²) in [5.74, 6) is -0.641. The lowest BCUT2D eigenvalue weighted by atomic mass is 10.2. The van der Waals surface area contributed by atoms with E-state index in [-0.39, 0.29) is 12.3 Å². The number of aliphatic carboxylic acids is 1. The molecule has 1 heterocycles. The van der Waals surface area contributed by atoms with Gasteiger partial charge in [-0.25, -0.2) is 9.78 Å². The normalized spacial score (nSPS) is 10.3. The summed E-state index contributed by atoms with van der Waals surface area (Å²) in [4.78, 5) is 28.7. The molecule has 7 heteroatoms. The third kappa shape index (κ3) is 4.79. The molecule has 0 unspecified atom stereocenters. The highest BCUT2D eigenvalue weighted by Crippen LogP contribution is 2.20. The lowest BCUT2D eigenvalue weighted by Gasteiger charge is -2.17. The number of carboxylic acids is 1. The Morgan fingerprint density at radius 3 is 2.57 bits per heavy atom. The molecule has 0 fully saturated rings. The molecule has 0 radical (unpaired) electrons. The van der Waals surface area contributed by atoms with Gasteiger partial charge in [0.15, 0.2) is 6.61 Å². The number of carbonyl (C=O) groups excluding carboxylic acids is 1. The van der Waals surface area contributed by atoms with Crippen molar-refractivity contribution in [2.75, 3.05) is 18.6 Å². The standard InChI is InChI=1S/C16H18N2O4S/c1-3-14-17-11(10-23-14)8-15(19)18(2)12-4-6-13(7-5-12)22-9-16(20)21/h4-7,10H,3,8-9H2,1-2H3,(H,20,21). The van der Waals surface area contributed by atoms with Gasteiger partial charge in [-0.05, 0) is 30.7 Å². The van der Waals surface area contributed by atoms with Gasteiger partial charge < -0.3 is 14.7 Å². The van der Waals surface area contributed by atoms with Crippen molar-refractivity contribution in [1.29, 1.82) is 0 Å². The van der Waals surface area contributed by atoms with Crippen LogP contribution in [0, 0.1) is 0 Å². The summed E-state index contributed by atoms with van der Waals surface area (Å²) in [6.07, 6.45) is 1.12. The van der Waals surface area contributed by atoms with Crippen LogP contribution < -0.4 is 9.64 Å². The molecule has 0 saturated heterocycles. The highest BCUT2D eigenvalue weighted by atomic mass is 32.1. The number of carbonyl (C=O) groups is 2. The van der Waals surface area contributed by atoms with E-state index in [1.165, 1.54) is 0 Å². The van der Waals surface area contributed by atoms with Gasteiger partial charge in [-0.15, -0.1) is 11.3 Å². The Bertz CT molecular complexity index is 682. The predicted octanol–water partition coefficient (Wildman–Crippen LogP) is 2.37. The van der Waals surface area contributed by atoms with E-state index >= 15 is 0 Å². The van der Waals surface area contributed by atoms with Crippen LogP contribution in [0.15, 0.2) is 29.6 Å². The topological polar surface area (TPSA) is 79.7 Å². The number of anilines is 1. The molecule has 0 aliphatic carbocycles. The summed E-state index contributed by atoms with van der Waals surface area (Å²) in [5, 5.41) is 11.5. The monoisotopic (exact) mass is 334 g/mol. The van der Waals surface area contributed by atoms with Crippen molar-refractivity contribution in [2.24, 2.45) is 0 Å². The Morgan fingerprint density at radius 2 is 2.00 bits per heavy atom. The second kappa shape index (κ2) is 7.73. The number of carboxylic acid groups (broad SMARTS) is 1. The van der Waals surface area contributed by atoms with Crippen LogP contribution in [0.2, 0.25) is 0 Å². The van der Waals surface area contributed by atoms with Crippen LogP contribution in [0.5, 0.6) is 5.75 Å². The second-order valence-corrected chi connectivity index (χ2v) is 5.83. The van der Waals surface area contributed by atoms with Crippen LogP contribution in [0.1, 0.15) is 17.6 Å². The van der Waals surface area contributed by atoms with Crippen LogP contribution in [0.4, 0.5) is 5.69 Å². The first-order valence-electron chi connectivity index (χ1n) is 7.14. The molecular formula is C16H18N2O4S. The van der Waals surface area contributed by atoms with E-state index < -0.39 is 12.6 Å². The van der Waals surface area contributed by atoms with Crippen molar-refractivity contribution in [3.05, 3.63) is 40.3 Å². The zero-order valence-electron chi connectivity index (χ0n) is 13.0. The number of hydrogen-bond acceptors (Lipinski definition) is 5. The highest BCUT2D eigenvalue weighted by Gasteiger charge is 2.14. The Balaban J connectivity index is 1.97. The van der Waals surface area contributed by atoms with E-state index in [0.29, 0.717) is 11.4 Å². The molecule has 23 heavy (non-hydrogen) atoms. The zero-order valence-corrected chi connectivity index (χ0v) is 13.8. The fourth-order valence-corrected chi connectivity index (χ4v) is 2.67. The average molecular weight is 334 g/mol. The van der Waals surface area contributed by atoms with E-state index in [1.54, 1.807) is 47.5 Å². The number of aromatic nitrogens is 1. The summed E-state index contributed by atoms with van der Waals surface area (Å²) in [6, 6.07) is 6.71. The number of ether oxygens (including phenoxy) is 1. The fourth-order valence-electron chi connectivity index (χ4n) is 1.92. The van der Waals surface area contributed by atoms with Crippen LogP contribution in [0.3, 0.4) is 0 Å². The first-order valence-corrected chi connectivity index (χ1v) is 8.02. The maximum absolute atomic E-state index is 12.3. The number of amides is 1. The molecule has 1 amide bonds. The number of hydrogen-bond donors (Lipinski definition) is 1. The molecule has 2 rings (SSSR count). The SMILES string of the molecule is CCc1nc(CC(=O)N(C)c2ccc(OCC(=O)O)cc2)cs1. The van der Waals surface area contributed by atoms with Gasteiger partial charge in [0.1, 0.15) is 5.75 Å². The summed E-state index contributed by atoms with van der Waals surface area (Å²) in [7, 11) is 1.70. The Morgan fingerprint density at radius 1 is 1.30 bits per heavy atom. The van der Waals surface area contributed by atoms with Crippen molar-refractivity contribution in [2.45, 2.75) is 19.8 Å². The molecule has 122 valence electrons. The molecule has 1 aromatic carbocycles. The average Bonchev–Trinajstić information content (AvgIpc) is 3.00. The molecule has 0 bridgehead atoms. The molecule has 0 aliphatic rings. The molecule has 6 nitrogen and oxygen atoms in total. The smallest absolute Gasteiger partial charge is 0.341 e. The zero-order chi connectivity index (χ0) is 16.8. The van der Waals surface area contributed by atoms with Crippen molar-refractivity contribution in [3.8, 4) is 5.75 Å². The van der Waals surface area contributed by atoms with E-state index in [1.807, 2.05) is 12.3 Å². The number of likely N-dealkylation sites (N-methyl/N-ethyl adjacent to an activating group) is 1. The predicted molar refractivity (Wildman–Crippen MR) is 88.2 cm³/mol. The molecule has 2 aromatic rings. The van der Waals surface area contributed by atoms with Crippen LogP contribution in [-0.4, -0.2) is 35.6 Å². The van der Waals surface area contributed by atoms with E-state index in [4.69, 9.17) is 9.84 Å². The molecule has 1 aromatic heterocycles. The molecule has 0 saturated carbocycles. The lowest BCUT2D eigenvalue weighted by Crippen LogP contribution is -2.27. The highest BCUT2D eigenvalue weighted by molar-refractivity contribution is 7.09. The van der Waals surface area contributed by atoms with E-state index in [0.717, 1.165) is 17.1 Å². The molecule has 1 N–H and O–H groups in total. The van der Waals surface area contributed by atoms with Gasteiger partial charge in [-0.1, -0.05) is 6.92 Å². The summed E-state index contributed by atoms with van der Waals surface area (Å²) < 4.78 is 5.06. The summed E-state index contributed by atoms with van der Waals surface area (Å²) >= 11 is 1.56. The van der Waals surface area contributed by atoms with E-state index in [9.17, 15) is 9.59 Å². The van der Waals surface area contributed by atoms with Crippen LogP contribution in [-0.2, 0) is 22.4 Å². The molecular weight excluding hydrogens is 316 g/mol.